The van der Waals surface area contributed by atoms with Gasteiger partial charge < -0.3 is 24.2 Å². The van der Waals surface area contributed by atoms with E-state index in [1.54, 1.807) is 37.4 Å². The van der Waals surface area contributed by atoms with E-state index < -0.39 is 17.7 Å². The van der Waals surface area contributed by atoms with Gasteiger partial charge in [-0.1, -0.05) is 12.1 Å². The minimum Gasteiger partial charge on any atom is -0.507 e. The van der Waals surface area contributed by atoms with Gasteiger partial charge in [0.1, 0.15) is 11.5 Å². The Hall–Kier alpha value is -3.78. The molecule has 1 atom stereocenters. The number of nitrogens with zero attached hydrogens (tertiary/aromatic N) is 1. The zero-order valence-electron chi connectivity index (χ0n) is 20.2. The van der Waals surface area contributed by atoms with Crippen LogP contribution in [0.5, 0.6) is 17.2 Å². The molecule has 1 aliphatic rings. The molecule has 1 aliphatic heterocycles. The third-order valence-corrected chi connectivity index (χ3v) is 7.03. The average molecular weight is 494 g/mol. The summed E-state index contributed by atoms with van der Waals surface area (Å²) in [5.74, 6) is 0.0410. The van der Waals surface area contributed by atoms with Crippen molar-refractivity contribution in [3.8, 4) is 17.2 Å². The van der Waals surface area contributed by atoms with Crippen molar-refractivity contribution in [2.45, 2.75) is 26.4 Å². The number of likely N-dealkylation sites (tertiary alicyclic amines) is 1. The van der Waals surface area contributed by atoms with Gasteiger partial charge in [0.2, 0.25) is 0 Å². The number of amides is 1. The second-order valence-corrected chi connectivity index (χ2v) is 9.29. The van der Waals surface area contributed by atoms with Crippen LogP contribution < -0.4 is 14.2 Å². The molecule has 2 heterocycles. The van der Waals surface area contributed by atoms with Crippen LogP contribution in [0.4, 0.5) is 0 Å². The van der Waals surface area contributed by atoms with Crippen molar-refractivity contribution >= 4 is 28.8 Å². The van der Waals surface area contributed by atoms with E-state index in [0.717, 1.165) is 16.0 Å². The Morgan fingerprint density at radius 2 is 1.66 bits per heavy atom. The van der Waals surface area contributed by atoms with Gasteiger partial charge in [0.15, 0.2) is 11.5 Å². The van der Waals surface area contributed by atoms with Crippen LogP contribution in [-0.2, 0) is 16.1 Å². The molecular formula is C27H27NO6S. The Balaban J connectivity index is 1.93. The van der Waals surface area contributed by atoms with Gasteiger partial charge in [0.05, 0.1) is 39.5 Å². The quantitative estimate of drug-likeness (QED) is 0.283. The summed E-state index contributed by atoms with van der Waals surface area (Å²) in [5.41, 5.74) is 2.66. The molecule has 182 valence electrons. The number of methoxy groups -OCH3 is 3. The molecule has 0 bridgehead atoms. The third-order valence-electron chi connectivity index (χ3n) is 6.17. The first-order valence-electron chi connectivity index (χ1n) is 11.0. The maximum absolute atomic E-state index is 13.4. The predicted octanol–water partition coefficient (Wildman–Crippen LogP) is 5.01. The highest BCUT2D eigenvalue weighted by Gasteiger charge is 2.46. The SMILES string of the molecule is COc1cc(C)c(/C(O)=C2\C(=O)C(=O)N(Cc3cccs3)C2c2ccc(OC)c(OC)c2)cc1C. The third kappa shape index (κ3) is 4.37. The number of aliphatic hydroxyl groups excluding tert-OH is 1. The minimum atomic E-state index is -0.807. The number of ether oxygens (including phenoxy) is 3. The summed E-state index contributed by atoms with van der Waals surface area (Å²) in [5, 5.41) is 13.4. The van der Waals surface area contributed by atoms with Crippen LogP contribution in [0.1, 0.15) is 33.2 Å². The fraction of sp³-hybridized carbons (Fsp3) is 0.259. The standard InChI is InChI=1S/C27H27NO6S/c1-15-12-21(33-4)16(2)11-19(15)25(29)23-24(17-8-9-20(32-3)22(13-17)34-5)28(27(31)26(23)30)14-18-7-6-10-35-18/h6-13,24,29H,14H2,1-5H3/b25-23+. The van der Waals surface area contributed by atoms with Gasteiger partial charge >= 0.3 is 0 Å². The minimum absolute atomic E-state index is 0.0337. The van der Waals surface area contributed by atoms with E-state index in [2.05, 4.69) is 0 Å². The molecule has 1 saturated heterocycles. The van der Waals surface area contributed by atoms with Crippen molar-refractivity contribution in [1.82, 2.24) is 4.90 Å². The highest BCUT2D eigenvalue weighted by Crippen LogP contribution is 2.43. The number of hydrogen-bond donors (Lipinski definition) is 1. The molecular weight excluding hydrogens is 466 g/mol. The lowest BCUT2D eigenvalue weighted by Crippen LogP contribution is -2.28. The highest BCUT2D eigenvalue weighted by atomic mass is 32.1. The normalized spacial score (nSPS) is 17.1. The number of thiophene rings is 1. The van der Waals surface area contributed by atoms with Crippen LogP contribution in [0.15, 0.2) is 53.4 Å². The zero-order chi connectivity index (χ0) is 25.3. The number of aryl methyl sites for hydroxylation is 2. The molecule has 1 amide bonds. The Morgan fingerprint density at radius 1 is 0.943 bits per heavy atom. The lowest BCUT2D eigenvalue weighted by molar-refractivity contribution is -0.140. The van der Waals surface area contributed by atoms with E-state index >= 15 is 0 Å². The number of aliphatic hydroxyl groups is 1. The number of carbonyl (C=O) groups is 2. The Bertz CT molecular complexity index is 1310. The zero-order valence-corrected chi connectivity index (χ0v) is 21.1. The molecule has 2 aromatic carbocycles. The van der Waals surface area contributed by atoms with Crippen LogP contribution in [0.3, 0.4) is 0 Å². The Kier molecular flexibility index (Phi) is 6.84. The number of Topliss-reactive ketones (excluding diaryl/α,β-unsaturated/α-hetero) is 1. The summed E-state index contributed by atoms with van der Waals surface area (Å²) >= 11 is 1.50. The van der Waals surface area contributed by atoms with E-state index in [1.807, 2.05) is 31.4 Å². The molecule has 0 aliphatic carbocycles. The topological polar surface area (TPSA) is 85.3 Å². The molecule has 1 unspecified atom stereocenters. The lowest BCUT2D eigenvalue weighted by atomic mass is 9.93. The lowest BCUT2D eigenvalue weighted by Gasteiger charge is -2.25. The number of carbonyl (C=O) groups excluding carboxylic acids is 2. The van der Waals surface area contributed by atoms with Crippen LogP contribution >= 0.6 is 11.3 Å². The van der Waals surface area contributed by atoms with Crippen molar-refractivity contribution in [3.05, 3.63) is 80.5 Å². The van der Waals surface area contributed by atoms with Gasteiger partial charge in [-0.25, -0.2) is 0 Å². The van der Waals surface area contributed by atoms with E-state index in [9.17, 15) is 14.7 Å². The number of rotatable bonds is 7. The summed E-state index contributed by atoms with van der Waals surface area (Å²) < 4.78 is 16.2. The molecule has 8 heteroatoms. The van der Waals surface area contributed by atoms with E-state index in [-0.39, 0.29) is 17.9 Å². The van der Waals surface area contributed by atoms with Crippen molar-refractivity contribution < 1.29 is 28.9 Å². The fourth-order valence-electron chi connectivity index (χ4n) is 4.39. The van der Waals surface area contributed by atoms with Crippen molar-refractivity contribution in [1.29, 1.82) is 0 Å². The van der Waals surface area contributed by atoms with Crippen LogP contribution in [0.25, 0.3) is 5.76 Å². The van der Waals surface area contributed by atoms with Gasteiger partial charge in [-0.2, -0.15) is 0 Å². The molecule has 35 heavy (non-hydrogen) atoms. The summed E-state index contributed by atoms with van der Waals surface area (Å²) in [6, 6.07) is 11.8. The Labute approximate surface area is 208 Å². The monoisotopic (exact) mass is 493 g/mol. The molecule has 1 fully saturated rings. The average Bonchev–Trinajstić information content (AvgIpc) is 3.46. The number of ketones is 1. The van der Waals surface area contributed by atoms with Crippen molar-refractivity contribution in [2.24, 2.45) is 0 Å². The first kappa shape index (κ1) is 24.3. The fourth-order valence-corrected chi connectivity index (χ4v) is 5.10. The summed E-state index contributed by atoms with van der Waals surface area (Å²) in [7, 11) is 4.64. The second kappa shape index (κ2) is 9.84. The molecule has 1 N–H and O–H groups in total. The molecule has 0 radical (unpaired) electrons. The van der Waals surface area contributed by atoms with Gasteiger partial charge in [-0.3, -0.25) is 9.59 Å². The van der Waals surface area contributed by atoms with Gasteiger partial charge in [0, 0.05) is 10.4 Å². The summed E-state index contributed by atoms with van der Waals surface area (Å²) in [4.78, 5) is 29.0. The molecule has 1 aromatic heterocycles. The summed E-state index contributed by atoms with van der Waals surface area (Å²) in [6.07, 6.45) is 0. The van der Waals surface area contributed by atoms with E-state index in [1.165, 1.54) is 30.5 Å². The maximum atomic E-state index is 13.4. The van der Waals surface area contributed by atoms with Crippen LogP contribution in [-0.4, -0.2) is 43.0 Å². The van der Waals surface area contributed by atoms with Crippen molar-refractivity contribution in [2.75, 3.05) is 21.3 Å². The second-order valence-electron chi connectivity index (χ2n) is 8.26. The largest absolute Gasteiger partial charge is 0.507 e. The van der Waals surface area contributed by atoms with E-state index in [0.29, 0.717) is 28.4 Å². The molecule has 0 spiro atoms. The Morgan fingerprint density at radius 3 is 2.29 bits per heavy atom. The van der Waals surface area contributed by atoms with Crippen LogP contribution in [0, 0.1) is 13.8 Å². The van der Waals surface area contributed by atoms with Gasteiger partial charge in [-0.15, -0.1) is 11.3 Å². The van der Waals surface area contributed by atoms with Crippen molar-refractivity contribution in [3.63, 3.8) is 0 Å². The molecule has 4 rings (SSSR count). The highest BCUT2D eigenvalue weighted by molar-refractivity contribution is 7.09. The first-order valence-corrected chi connectivity index (χ1v) is 11.9. The first-order chi connectivity index (χ1) is 16.8. The molecule has 3 aromatic rings. The maximum Gasteiger partial charge on any atom is 0.295 e. The smallest absolute Gasteiger partial charge is 0.295 e. The van der Waals surface area contributed by atoms with Gasteiger partial charge in [0.25, 0.3) is 11.7 Å². The summed E-state index contributed by atoms with van der Waals surface area (Å²) in [6.45, 7) is 3.92. The number of hydrogen-bond acceptors (Lipinski definition) is 7. The predicted molar refractivity (Wildman–Crippen MR) is 134 cm³/mol. The number of benzene rings is 2. The molecule has 0 saturated carbocycles. The van der Waals surface area contributed by atoms with E-state index in [4.69, 9.17) is 14.2 Å². The van der Waals surface area contributed by atoms with Gasteiger partial charge in [-0.05, 0) is 66.2 Å². The molecule has 7 nitrogen and oxygen atoms in total. The van der Waals surface area contributed by atoms with Crippen LogP contribution in [0.2, 0.25) is 0 Å².